The van der Waals surface area contributed by atoms with E-state index in [0.29, 0.717) is 0 Å². The van der Waals surface area contributed by atoms with Gasteiger partial charge >= 0.3 is 5.97 Å². The Bertz CT molecular complexity index is 471. The lowest BCUT2D eigenvalue weighted by molar-refractivity contribution is 0.0694. The molecule has 7 heteroatoms. The second-order valence-electron chi connectivity index (χ2n) is 2.76. The van der Waals surface area contributed by atoms with Crippen LogP contribution in [0.15, 0.2) is 6.20 Å². The molecule has 0 aliphatic carbocycles. The van der Waals surface area contributed by atoms with E-state index in [1.54, 1.807) is 0 Å². The Hall–Kier alpha value is -1.55. The first-order chi connectivity index (χ1) is 7.52. The Kier molecular flexibility index (Phi) is 3.90. The van der Waals surface area contributed by atoms with Gasteiger partial charge in [-0.25, -0.2) is 13.6 Å². The number of hydrogen-bond acceptors (Lipinski definition) is 3. The summed E-state index contributed by atoms with van der Waals surface area (Å²) in [4.78, 5) is 14.5. The number of carboxylic acid groups (broad SMARTS) is 1. The molecule has 1 N–H and O–H groups in total. The number of hydrogen-bond donors (Lipinski definition) is 1. The number of nitrogens with zero attached hydrogens (tertiary/aromatic N) is 2. The van der Waals surface area contributed by atoms with E-state index in [1.165, 1.54) is 6.07 Å². The normalized spacial score (nSPS) is 10.2. The van der Waals surface area contributed by atoms with E-state index < -0.39 is 29.1 Å². The van der Waals surface area contributed by atoms with Gasteiger partial charge in [0.2, 0.25) is 0 Å². The molecule has 84 valence electrons. The van der Waals surface area contributed by atoms with E-state index in [9.17, 15) is 13.6 Å². The standard InChI is InChI=1S/C9H5BrF2N2O2/c10-1-6-7(9(15)16)4(2-13)5(3-14-6)8(11)12/h3,8H,1H2,(H,15,16). The number of alkyl halides is 3. The summed E-state index contributed by atoms with van der Waals surface area (Å²) in [6.45, 7) is 0. The van der Waals surface area contributed by atoms with Crippen molar-refractivity contribution in [3.63, 3.8) is 0 Å². The molecular weight excluding hydrogens is 286 g/mol. The summed E-state index contributed by atoms with van der Waals surface area (Å²) >= 11 is 2.98. The van der Waals surface area contributed by atoms with E-state index in [2.05, 4.69) is 20.9 Å². The number of aromatic nitrogens is 1. The third kappa shape index (κ3) is 2.17. The first kappa shape index (κ1) is 12.5. The summed E-state index contributed by atoms with van der Waals surface area (Å²) in [6, 6.07) is 1.48. The van der Waals surface area contributed by atoms with E-state index in [0.717, 1.165) is 6.20 Å². The Morgan fingerprint density at radius 3 is 2.69 bits per heavy atom. The number of rotatable bonds is 3. The van der Waals surface area contributed by atoms with E-state index in [4.69, 9.17) is 10.4 Å². The molecule has 16 heavy (non-hydrogen) atoms. The van der Waals surface area contributed by atoms with Crippen LogP contribution in [0.3, 0.4) is 0 Å². The highest BCUT2D eigenvalue weighted by atomic mass is 79.9. The fourth-order valence-corrected chi connectivity index (χ4v) is 1.61. The number of nitriles is 1. The van der Waals surface area contributed by atoms with Crippen molar-refractivity contribution in [3.05, 3.63) is 28.6 Å². The zero-order valence-corrected chi connectivity index (χ0v) is 9.33. The molecule has 0 aliphatic rings. The molecule has 1 aromatic heterocycles. The Labute approximate surface area is 97.7 Å². The molecule has 0 fully saturated rings. The molecule has 0 aliphatic heterocycles. The second-order valence-corrected chi connectivity index (χ2v) is 3.32. The first-order valence-electron chi connectivity index (χ1n) is 4.02. The summed E-state index contributed by atoms with van der Waals surface area (Å²) in [6.07, 6.45) is -2.10. The molecule has 0 spiro atoms. The van der Waals surface area contributed by atoms with Gasteiger partial charge in [-0.2, -0.15) is 5.26 Å². The Morgan fingerprint density at radius 2 is 2.31 bits per heavy atom. The van der Waals surface area contributed by atoms with Gasteiger partial charge in [0.15, 0.2) is 0 Å². The van der Waals surface area contributed by atoms with E-state index in [-0.39, 0.29) is 11.0 Å². The largest absolute Gasteiger partial charge is 0.478 e. The maximum atomic E-state index is 12.5. The molecular formula is C9H5BrF2N2O2. The molecule has 0 radical (unpaired) electrons. The molecule has 0 amide bonds. The van der Waals surface area contributed by atoms with Crippen LogP contribution in [0.1, 0.15) is 33.6 Å². The van der Waals surface area contributed by atoms with Crippen molar-refractivity contribution in [2.24, 2.45) is 0 Å². The van der Waals surface area contributed by atoms with Crippen LogP contribution in [0.5, 0.6) is 0 Å². The van der Waals surface area contributed by atoms with Crippen molar-refractivity contribution in [2.45, 2.75) is 11.8 Å². The van der Waals surface area contributed by atoms with Gasteiger partial charge in [0.05, 0.1) is 16.8 Å². The summed E-state index contributed by atoms with van der Waals surface area (Å²) in [5.41, 5.74) is -1.62. The van der Waals surface area contributed by atoms with Gasteiger partial charge in [-0.3, -0.25) is 4.98 Å². The molecule has 1 aromatic rings. The van der Waals surface area contributed by atoms with E-state index >= 15 is 0 Å². The zero-order chi connectivity index (χ0) is 12.3. The zero-order valence-electron chi connectivity index (χ0n) is 7.75. The lowest BCUT2D eigenvalue weighted by atomic mass is 10.0. The van der Waals surface area contributed by atoms with Crippen molar-refractivity contribution < 1.29 is 18.7 Å². The molecule has 0 unspecified atom stereocenters. The molecule has 4 nitrogen and oxygen atoms in total. The third-order valence-corrected chi connectivity index (χ3v) is 2.41. The minimum atomic E-state index is -2.93. The van der Waals surface area contributed by atoms with Gasteiger partial charge in [0.1, 0.15) is 11.6 Å². The highest BCUT2D eigenvalue weighted by Gasteiger charge is 2.23. The average molecular weight is 291 g/mol. The van der Waals surface area contributed by atoms with Crippen LogP contribution in [-0.2, 0) is 5.33 Å². The number of carbonyl (C=O) groups is 1. The van der Waals surface area contributed by atoms with Gasteiger partial charge in [0, 0.05) is 11.5 Å². The average Bonchev–Trinajstić information content (AvgIpc) is 2.26. The molecule has 0 saturated carbocycles. The predicted molar refractivity (Wildman–Crippen MR) is 53.5 cm³/mol. The van der Waals surface area contributed by atoms with Crippen molar-refractivity contribution in [1.82, 2.24) is 4.98 Å². The molecule has 0 saturated heterocycles. The topological polar surface area (TPSA) is 74.0 Å². The van der Waals surface area contributed by atoms with Gasteiger partial charge in [0.25, 0.3) is 6.43 Å². The maximum Gasteiger partial charge on any atom is 0.338 e. The molecule has 0 atom stereocenters. The van der Waals surface area contributed by atoms with Crippen molar-refractivity contribution in [3.8, 4) is 6.07 Å². The summed E-state index contributed by atoms with van der Waals surface area (Å²) in [5, 5.41) is 17.7. The highest BCUT2D eigenvalue weighted by molar-refractivity contribution is 9.08. The summed E-state index contributed by atoms with van der Waals surface area (Å²) in [5.74, 6) is -1.44. The number of carboxylic acids is 1. The van der Waals surface area contributed by atoms with Crippen LogP contribution in [0.4, 0.5) is 8.78 Å². The monoisotopic (exact) mass is 290 g/mol. The number of pyridine rings is 1. The van der Waals surface area contributed by atoms with E-state index in [1.807, 2.05) is 0 Å². The minimum Gasteiger partial charge on any atom is -0.478 e. The SMILES string of the molecule is N#Cc1c(C(F)F)cnc(CBr)c1C(=O)O. The molecule has 0 bridgehead atoms. The van der Waals surface area contributed by atoms with Crippen LogP contribution in [0.25, 0.3) is 0 Å². The van der Waals surface area contributed by atoms with Crippen LogP contribution >= 0.6 is 15.9 Å². The van der Waals surface area contributed by atoms with Crippen molar-refractivity contribution in [1.29, 1.82) is 5.26 Å². The number of halogens is 3. The molecule has 1 rings (SSSR count). The van der Waals surface area contributed by atoms with Gasteiger partial charge in [-0.1, -0.05) is 15.9 Å². The van der Waals surface area contributed by atoms with Crippen LogP contribution in [0, 0.1) is 11.3 Å². The van der Waals surface area contributed by atoms with Crippen LogP contribution in [0.2, 0.25) is 0 Å². The minimum absolute atomic E-state index is 0.0495. The maximum absolute atomic E-state index is 12.5. The smallest absolute Gasteiger partial charge is 0.338 e. The Morgan fingerprint density at radius 1 is 1.69 bits per heavy atom. The van der Waals surface area contributed by atoms with Gasteiger partial charge in [-0.15, -0.1) is 0 Å². The Balaban J connectivity index is 3.58. The van der Waals surface area contributed by atoms with Crippen molar-refractivity contribution in [2.75, 3.05) is 0 Å². The summed E-state index contributed by atoms with van der Waals surface area (Å²) in [7, 11) is 0. The second kappa shape index (κ2) is 4.99. The lowest BCUT2D eigenvalue weighted by Gasteiger charge is -2.08. The first-order valence-corrected chi connectivity index (χ1v) is 5.14. The van der Waals surface area contributed by atoms with Crippen LogP contribution in [-0.4, -0.2) is 16.1 Å². The van der Waals surface area contributed by atoms with Gasteiger partial charge in [-0.05, 0) is 0 Å². The molecule has 1 heterocycles. The fraction of sp³-hybridized carbons (Fsp3) is 0.222. The predicted octanol–water partition coefficient (Wildman–Crippen LogP) is 2.48. The highest BCUT2D eigenvalue weighted by Crippen LogP contribution is 2.26. The fourth-order valence-electron chi connectivity index (χ4n) is 1.18. The van der Waals surface area contributed by atoms with Crippen molar-refractivity contribution >= 4 is 21.9 Å². The number of aromatic carboxylic acids is 1. The summed E-state index contributed by atoms with van der Waals surface area (Å²) < 4.78 is 25.0. The third-order valence-electron chi connectivity index (χ3n) is 1.87. The van der Waals surface area contributed by atoms with Crippen LogP contribution < -0.4 is 0 Å². The quantitative estimate of drug-likeness (QED) is 0.868. The molecule has 0 aromatic carbocycles. The lowest BCUT2D eigenvalue weighted by Crippen LogP contribution is -2.10. The van der Waals surface area contributed by atoms with Gasteiger partial charge < -0.3 is 5.11 Å².